The van der Waals surface area contributed by atoms with Gasteiger partial charge in [-0.2, -0.15) is 5.10 Å². The number of fused-ring (bicyclic) bond motifs is 1. The zero-order valence-corrected chi connectivity index (χ0v) is 11.5. The van der Waals surface area contributed by atoms with Crippen molar-refractivity contribution in [3.8, 4) is 0 Å². The van der Waals surface area contributed by atoms with Gasteiger partial charge in [-0.15, -0.1) is 0 Å². The summed E-state index contributed by atoms with van der Waals surface area (Å²) in [5.74, 6) is -0.0948. The standard InChI is InChI=1S/C15H18FN3O/c1-20-8-7-19-10-11(9-17-19)18-15-6-5-12-13(15)3-2-4-14(12)16/h2-4,9-10,15,18H,5-8H2,1H3. The van der Waals surface area contributed by atoms with E-state index in [2.05, 4.69) is 10.4 Å². The van der Waals surface area contributed by atoms with E-state index in [1.54, 1.807) is 19.4 Å². The van der Waals surface area contributed by atoms with Gasteiger partial charge in [0.15, 0.2) is 0 Å². The van der Waals surface area contributed by atoms with Crippen molar-refractivity contribution in [2.24, 2.45) is 0 Å². The average Bonchev–Trinajstić information content (AvgIpc) is 3.06. The molecule has 20 heavy (non-hydrogen) atoms. The molecule has 1 aliphatic rings. The Morgan fingerprint density at radius 2 is 2.40 bits per heavy atom. The van der Waals surface area contributed by atoms with Crippen molar-refractivity contribution >= 4 is 5.69 Å². The van der Waals surface area contributed by atoms with Gasteiger partial charge in [-0.3, -0.25) is 4.68 Å². The lowest BCUT2D eigenvalue weighted by molar-refractivity contribution is 0.183. The third-order valence-electron chi connectivity index (χ3n) is 3.71. The van der Waals surface area contributed by atoms with E-state index in [0.717, 1.165) is 36.2 Å². The Kier molecular flexibility index (Phi) is 3.69. The molecule has 1 aromatic heterocycles. The molecule has 3 rings (SSSR count). The largest absolute Gasteiger partial charge is 0.383 e. The predicted molar refractivity (Wildman–Crippen MR) is 75.2 cm³/mol. The number of methoxy groups -OCH3 is 1. The summed E-state index contributed by atoms with van der Waals surface area (Å²) in [7, 11) is 1.67. The molecule has 0 aliphatic heterocycles. The minimum Gasteiger partial charge on any atom is -0.383 e. The summed E-state index contributed by atoms with van der Waals surface area (Å²) in [5.41, 5.74) is 2.87. The summed E-state index contributed by atoms with van der Waals surface area (Å²) >= 11 is 0. The molecule has 1 aliphatic carbocycles. The van der Waals surface area contributed by atoms with Crippen LogP contribution >= 0.6 is 0 Å². The van der Waals surface area contributed by atoms with Crippen LogP contribution in [-0.2, 0) is 17.7 Å². The Bertz CT molecular complexity index is 597. The smallest absolute Gasteiger partial charge is 0.126 e. The van der Waals surface area contributed by atoms with Crippen LogP contribution in [0, 0.1) is 5.82 Å². The Morgan fingerprint density at radius 3 is 3.25 bits per heavy atom. The monoisotopic (exact) mass is 275 g/mol. The fourth-order valence-electron chi connectivity index (χ4n) is 2.71. The highest BCUT2D eigenvalue weighted by Crippen LogP contribution is 2.34. The van der Waals surface area contributed by atoms with Gasteiger partial charge in [0.25, 0.3) is 0 Å². The van der Waals surface area contributed by atoms with E-state index in [0.29, 0.717) is 6.61 Å². The summed E-state index contributed by atoms with van der Waals surface area (Å²) in [4.78, 5) is 0. The minimum absolute atomic E-state index is 0.0948. The molecule has 0 fully saturated rings. The second kappa shape index (κ2) is 5.63. The maximum atomic E-state index is 13.7. The molecule has 0 bridgehead atoms. The molecule has 4 nitrogen and oxygen atoms in total. The van der Waals surface area contributed by atoms with Gasteiger partial charge in [0.2, 0.25) is 0 Å². The molecule has 0 radical (unpaired) electrons. The first-order valence-corrected chi connectivity index (χ1v) is 6.83. The minimum atomic E-state index is -0.0948. The van der Waals surface area contributed by atoms with E-state index in [1.165, 1.54) is 6.07 Å². The highest BCUT2D eigenvalue weighted by molar-refractivity contribution is 5.46. The molecular formula is C15H18FN3O. The van der Waals surface area contributed by atoms with Crippen LogP contribution < -0.4 is 5.32 Å². The van der Waals surface area contributed by atoms with Crippen LogP contribution in [0.15, 0.2) is 30.6 Å². The van der Waals surface area contributed by atoms with Gasteiger partial charge in [-0.25, -0.2) is 4.39 Å². The van der Waals surface area contributed by atoms with Crippen molar-refractivity contribution in [1.82, 2.24) is 9.78 Å². The maximum absolute atomic E-state index is 13.7. The van der Waals surface area contributed by atoms with Crippen molar-refractivity contribution in [3.63, 3.8) is 0 Å². The molecule has 0 spiro atoms. The SMILES string of the molecule is COCCn1cc(NC2CCc3c(F)cccc32)cn1. The number of nitrogens with one attached hydrogen (secondary N) is 1. The molecule has 106 valence electrons. The van der Waals surface area contributed by atoms with Crippen LogP contribution in [0.1, 0.15) is 23.6 Å². The number of benzene rings is 1. The Morgan fingerprint density at radius 1 is 1.50 bits per heavy atom. The molecule has 2 aromatic rings. The van der Waals surface area contributed by atoms with Crippen molar-refractivity contribution in [1.29, 1.82) is 0 Å². The molecule has 1 unspecified atom stereocenters. The van der Waals surface area contributed by atoms with E-state index in [1.807, 2.05) is 16.9 Å². The average molecular weight is 275 g/mol. The number of hydrogen-bond donors (Lipinski definition) is 1. The molecule has 5 heteroatoms. The summed E-state index contributed by atoms with van der Waals surface area (Å²) in [5, 5.41) is 7.70. The first-order chi connectivity index (χ1) is 9.78. The summed E-state index contributed by atoms with van der Waals surface area (Å²) in [6.07, 6.45) is 5.46. The van der Waals surface area contributed by atoms with E-state index < -0.39 is 0 Å². The van der Waals surface area contributed by atoms with Crippen molar-refractivity contribution in [3.05, 3.63) is 47.5 Å². The van der Waals surface area contributed by atoms with Gasteiger partial charge in [-0.1, -0.05) is 12.1 Å². The normalized spacial score (nSPS) is 17.2. The van der Waals surface area contributed by atoms with Gasteiger partial charge >= 0.3 is 0 Å². The van der Waals surface area contributed by atoms with Gasteiger partial charge in [-0.05, 0) is 30.0 Å². The summed E-state index contributed by atoms with van der Waals surface area (Å²) in [6.45, 7) is 1.37. The van der Waals surface area contributed by atoms with Crippen LogP contribution in [0.2, 0.25) is 0 Å². The van der Waals surface area contributed by atoms with Gasteiger partial charge in [0.05, 0.1) is 31.1 Å². The zero-order chi connectivity index (χ0) is 13.9. The number of ether oxygens (including phenoxy) is 1. The van der Waals surface area contributed by atoms with Crippen LogP contribution in [0.3, 0.4) is 0 Å². The maximum Gasteiger partial charge on any atom is 0.126 e. The quantitative estimate of drug-likeness (QED) is 0.912. The number of nitrogens with zero attached hydrogens (tertiary/aromatic N) is 2. The van der Waals surface area contributed by atoms with E-state index in [4.69, 9.17) is 4.74 Å². The summed E-state index contributed by atoms with van der Waals surface area (Å²) < 4.78 is 20.6. The second-order valence-electron chi connectivity index (χ2n) is 5.03. The molecule has 0 saturated carbocycles. The van der Waals surface area contributed by atoms with Crippen LogP contribution in [0.5, 0.6) is 0 Å². The van der Waals surface area contributed by atoms with E-state index in [9.17, 15) is 4.39 Å². The summed E-state index contributed by atoms with van der Waals surface area (Å²) in [6, 6.07) is 5.47. The second-order valence-corrected chi connectivity index (χ2v) is 5.03. The molecule has 1 atom stereocenters. The number of anilines is 1. The van der Waals surface area contributed by atoms with Crippen LogP contribution in [0.4, 0.5) is 10.1 Å². The first-order valence-electron chi connectivity index (χ1n) is 6.83. The van der Waals surface area contributed by atoms with Crippen molar-refractivity contribution < 1.29 is 9.13 Å². The van der Waals surface area contributed by atoms with E-state index >= 15 is 0 Å². The Labute approximate surface area is 117 Å². The lowest BCUT2D eigenvalue weighted by Gasteiger charge is -2.13. The molecule has 0 amide bonds. The first kappa shape index (κ1) is 13.1. The van der Waals surface area contributed by atoms with Crippen LogP contribution in [0.25, 0.3) is 0 Å². The van der Waals surface area contributed by atoms with Gasteiger partial charge in [0, 0.05) is 13.3 Å². The van der Waals surface area contributed by atoms with Crippen molar-refractivity contribution in [2.75, 3.05) is 19.0 Å². The lowest BCUT2D eigenvalue weighted by atomic mass is 10.1. The molecule has 1 aromatic carbocycles. The fourth-order valence-corrected chi connectivity index (χ4v) is 2.71. The van der Waals surface area contributed by atoms with Gasteiger partial charge < -0.3 is 10.1 Å². The molecule has 1 N–H and O–H groups in total. The highest BCUT2D eigenvalue weighted by atomic mass is 19.1. The molecule has 1 heterocycles. The third kappa shape index (κ3) is 2.54. The highest BCUT2D eigenvalue weighted by Gasteiger charge is 2.24. The zero-order valence-electron chi connectivity index (χ0n) is 11.5. The Hall–Kier alpha value is -1.88. The molecular weight excluding hydrogens is 257 g/mol. The van der Waals surface area contributed by atoms with Gasteiger partial charge in [0.1, 0.15) is 5.82 Å². The fraction of sp³-hybridized carbons (Fsp3) is 0.400. The number of aromatic nitrogens is 2. The lowest BCUT2D eigenvalue weighted by Crippen LogP contribution is -2.07. The third-order valence-corrected chi connectivity index (χ3v) is 3.71. The number of halogens is 1. The number of rotatable bonds is 5. The Balaban J connectivity index is 1.71. The molecule has 0 saturated heterocycles. The van der Waals surface area contributed by atoms with Crippen molar-refractivity contribution in [2.45, 2.75) is 25.4 Å². The topological polar surface area (TPSA) is 39.1 Å². The number of hydrogen-bond acceptors (Lipinski definition) is 3. The van der Waals surface area contributed by atoms with Crippen LogP contribution in [-0.4, -0.2) is 23.5 Å². The van der Waals surface area contributed by atoms with E-state index in [-0.39, 0.29) is 11.9 Å². The predicted octanol–water partition coefficient (Wildman–Crippen LogP) is 2.77.